The van der Waals surface area contributed by atoms with Crippen molar-refractivity contribution >= 4 is 21.7 Å². The third-order valence-electron chi connectivity index (χ3n) is 2.51. The Balaban J connectivity index is 2.70. The Labute approximate surface area is 85.4 Å². The summed E-state index contributed by atoms with van der Waals surface area (Å²) >= 11 is 0. The van der Waals surface area contributed by atoms with Crippen LogP contribution < -0.4 is 5.56 Å². The van der Waals surface area contributed by atoms with Crippen molar-refractivity contribution < 1.29 is 0 Å². The lowest BCUT2D eigenvalue weighted by molar-refractivity contribution is 1.28. The Morgan fingerprint density at radius 2 is 1.93 bits per heavy atom. The first-order chi connectivity index (χ1) is 7.36. The van der Waals surface area contributed by atoms with Gasteiger partial charge in [-0.2, -0.15) is 0 Å². The first-order valence-corrected chi connectivity index (χ1v) is 4.71. The normalized spacial score (nSPS) is 10.9. The molecule has 2 heterocycles. The molecule has 15 heavy (non-hydrogen) atoms. The van der Waals surface area contributed by atoms with Crippen molar-refractivity contribution in [1.29, 1.82) is 0 Å². The lowest BCUT2D eigenvalue weighted by atomic mass is 10.1. The molecule has 2 aromatic heterocycles. The van der Waals surface area contributed by atoms with Crippen LogP contribution in [0.1, 0.15) is 0 Å². The minimum atomic E-state index is -0.0863. The highest BCUT2D eigenvalue weighted by Gasteiger charge is 2.03. The van der Waals surface area contributed by atoms with Crippen molar-refractivity contribution in [2.45, 2.75) is 0 Å². The van der Waals surface area contributed by atoms with Gasteiger partial charge in [-0.15, -0.1) is 0 Å². The van der Waals surface area contributed by atoms with Crippen molar-refractivity contribution in [3.63, 3.8) is 0 Å². The zero-order valence-electron chi connectivity index (χ0n) is 7.90. The van der Waals surface area contributed by atoms with Crippen molar-refractivity contribution in [2.75, 3.05) is 0 Å². The van der Waals surface area contributed by atoms with Crippen LogP contribution in [0, 0.1) is 0 Å². The zero-order valence-corrected chi connectivity index (χ0v) is 7.90. The Kier molecular flexibility index (Phi) is 1.59. The Morgan fingerprint density at radius 3 is 2.87 bits per heavy atom. The van der Waals surface area contributed by atoms with Gasteiger partial charge in [0.15, 0.2) is 0 Å². The van der Waals surface area contributed by atoms with E-state index in [-0.39, 0.29) is 5.56 Å². The number of rotatable bonds is 0. The molecule has 0 atom stereocenters. The maximum absolute atomic E-state index is 11.7. The smallest absolute Gasteiger partial charge is 0.258 e. The van der Waals surface area contributed by atoms with Crippen molar-refractivity contribution in [3.8, 4) is 0 Å². The molecule has 0 saturated heterocycles. The summed E-state index contributed by atoms with van der Waals surface area (Å²) < 4.78 is 0. The molecule has 3 heteroatoms. The first kappa shape index (κ1) is 8.17. The molecule has 3 aromatic rings. The van der Waals surface area contributed by atoms with Crippen molar-refractivity contribution in [2.24, 2.45) is 0 Å². The van der Waals surface area contributed by atoms with Crippen LogP contribution in [0.3, 0.4) is 0 Å². The van der Waals surface area contributed by atoms with Gasteiger partial charge >= 0.3 is 0 Å². The second-order valence-electron chi connectivity index (χ2n) is 3.41. The number of fused-ring (bicyclic) bond motifs is 3. The summed E-state index contributed by atoms with van der Waals surface area (Å²) in [6.45, 7) is 0. The highest BCUT2D eigenvalue weighted by molar-refractivity contribution is 6.04. The Morgan fingerprint density at radius 1 is 1.07 bits per heavy atom. The van der Waals surface area contributed by atoms with E-state index in [2.05, 4.69) is 9.97 Å². The summed E-state index contributed by atoms with van der Waals surface area (Å²) in [5.74, 6) is 0. The predicted octanol–water partition coefficient (Wildman–Crippen LogP) is 2.08. The standard InChI is InChI=1S/C12H8N2O/c15-12-10-8(5-7-14-12)3-4-9-2-1-6-13-11(9)10/h1-7H,(H,14,15). The molecule has 3 nitrogen and oxygen atoms in total. The van der Waals surface area contributed by atoms with E-state index >= 15 is 0 Å². The SMILES string of the molecule is O=c1[nH]ccc2ccc3cccnc3c12. The van der Waals surface area contributed by atoms with Gasteiger partial charge in [-0.05, 0) is 17.5 Å². The molecule has 72 valence electrons. The molecule has 0 spiro atoms. The van der Waals surface area contributed by atoms with Crippen LogP contribution in [0.15, 0.2) is 47.5 Å². The average molecular weight is 196 g/mol. The summed E-state index contributed by atoms with van der Waals surface area (Å²) in [5, 5.41) is 2.57. The molecular formula is C12H8N2O. The van der Waals surface area contributed by atoms with E-state index in [9.17, 15) is 4.79 Å². The maximum Gasteiger partial charge on any atom is 0.258 e. The Bertz CT molecular complexity index is 700. The molecule has 0 aliphatic heterocycles. The third kappa shape index (κ3) is 1.13. The highest BCUT2D eigenvalue weighted by Crippen LogP contribution is 2.19. The molecule has 0 aliphatic carbocycles. The summed E-state index contributed by atoms with van der Waals surface area (Å²) in [6.07, 6.45) is 3.35. The van der Waals surface area contributed by atoms with Gasteiger partial charge in [0.05, 0.1) is 10.9 Å². The number of aromatic amines is 1. The fourth-order valence-electron chi connectivity index (χ4n) is 1.82. The Hall–Kier alpha value is -2.16. The summed E-state index contributed by atoms with van der Waals surface area (Å²) in [7, 11) is 0. The lowest BCUT2D eigenvalue weighted by Gasteiger charge is -2.00. The van der Waals surface area contributed by atoms with Gasteiger partial charge in [-0.3, -0.25) is 9.78 Å². The molecule has 1 aromatic carbocycles. The minimum Gasteiger partial charge on any atom is -0.328 e. The van der Waals surface area contributed by atoms with Crippen LogP contribution in [0.5, 0.6) is 0 Å². The highest BCUT2D eigenvalue weighted by atomic mass is 16.1. The molecule has 1 N–H and O–H groups in total. The van der Waals surface area contributed by atoms with Gasteiger partial charge < -0.3 is 4.98 Å². The molecular weight excluding hydrogens is 188 g/mol. The predicted molar refractivity (Wildman–Crippen MR) is 59.9 cm³/mol. The van der Waals surface area contributed by atoms with E-state index in [1.54, 1.807) is 12.4 Å². The number of hydrogen-bond donors (Lipinski definition) is 1. The second kappa shape index (κ2) is 2.92. The number of H-pyrrole nitrogens is 1. The van der Waals surface area contributed by atoms with Gasteiger partial charge in [0.25, 0.3) is 5.56 Å². The molecule has 0 fully saturated rings. The largest absolute Gasteiger partial charge is 0.328 e. The van der Waals surface area contributed by atoms with E-state index in [0.29, 0.717) is 5.39 Å². The first-order valence-electron chi connectivity index (χ1n) is 4.71. The number of pyridine rings is 2. The van der Waals surface area contributed by atoms with Crippen LogP contribution in [-0.2, 0) is 0 Å². The van der Waals surface area contributed by atoms with E-state index in [1.165, 1.54) is 0 Å². The molecule has 0 aliphatic rings. The number of nitrogens with one attached hydrogen (secondary N) is 1. The van der Waals surface area contributed by atoms with Gasteiger partial charge in [-0.1, -0.05) is 18.2 Å². The molecule has 0 amide bonds. The van der Waals surface area contributed by atoms with E-state index in [4.69, 9.17) is 0 Å². The zero-order chi connectivity index (χ0) is 10.3. The topological polar surface area (TPSA) is 45.8 Å². The number of nitrogens with zero attached hydrogens (tertiary/aromatic N) is 1. The van der Waals surface area contributed by atoms with Gasteiger partial charge in [0, 0.05) is 17.8 Å². The van der Waals surface area contributed by atoms with E-state index in [1.807, 2.05) is 30.3 Å². The van der Waals surface area contributed by atoms with E-state index in [0.717, 1.165) is 16.3 Å². The molecule has 0 bridgehead atoms. The molecule has 0 radical (unpaired) electrons. The minimum absolute atomic E-state index is 0.0863. The van der Waals surface area contributed by atoms with Gasteiger partial charge in [0.1, 0.15) is 0 Å². The maximum atomic E-state index is 11.7. The number of hydrogen-bond acceptors (Lipinski definition) is 2. The van der Waals surface area contributed by atoms with Crippen LogP contribution in [0.25, 0.3) is 21.7 Å². The van der Waals surface area contributed by atoms with Crippen LogP contribution in [0.4, 0.5) is 0 Å². The summed E-state index contributed by atoms with van der Waals surface area (Å²) in [4.78, 5) is 18.6. The molecule has 0 unspecified atom stereocenters. The quantitative estimate of drug-likeness (QED) is 0.559. The van der Waals surface area contributed by atoms with Crippen LogP contribution in [-0.4, -0.2) is 9.97 Å². The lowest BCUT2D eigenvalue weighted by Crippen LogP contribution is -2.05. The summed E-state index contributed by atoms with van der Waals surface area (Å²) in [5.41, 5.74) is 0.675. The van der Waals surface area contributed by atoms with Crippen molar-refractivity contribution in [1.82, 2.24) is 9.97 Å². The molecule has 3 rings (SSSR count). The number of aromatic nitrogens is 2. The van der Waals surface area contributed by atoms with Crippen LogP contribution in [0.2, 0.25) is 0 Å². The summed E-state index contributed by atoms with van der Waals surface area (Å²) in [6, 6.07) is 9.61. The number of benzene rings is 1. The monoisotopic (exact) mass is 196 g/mol. The third-order valence-corrected chi connectivity index (χ3v) is 2.51. The van der Waals surface area contributed by atoms with Crippen LogP contribution >= 0.6 is 0 Å². The van der Waals surface area contributed by atoms with E-state index < -0.39 is 0 Å². The fraction of sp³-hybridized carbons (Fsp3) is 0. The average Bonchev–Trinajstić information content (AvgIpc) is 2.29. The molecule has 0 saturated carbocycles. The van der Waals surface area contributed by atoms with Crippen molar-refractivity contribution in [3.05, 3.63) is 53.1 Å². The van der Waals surface area contributed by atoms with Gasteiger partial charge in [0.2, 0.25) is 0 Å². The van der Waals surface area contributed by atoms with Gasteiger partial charge in [-0.25, -0.2) is 0 Å². The second-order valence-corrected chi connectivity index (χ2v) is 3.41. The fourth-order valence-corrected chi connectivity index (χ4v) is 1.82.